The van der Waals surface area contributed by atoms with E-state index in [9.17, 15) is 29.4 Å². The lowest BCUT2D eigenvalue weighted by atomic mass is 10.1. The van der Waals surface area contributed by atoms with E-state index in [1.54, 1.807) is 12.1 Å². The molecule has 2 aromatic carbocycles. The zero-order chi connectivity index (χ0) is 19.1. The highest BCUT2D eigenvalue weighted by molar-refractivity contribution is 5.95. The summed E-state index contributed by atoms with van der Waals surface area (Å²) in [5.41, 5.74) is 0.00232. The summed E-state index contributed by atoms with van der Waals surface area (Å²) in [5, 5.41) is 20.5. The molecule has 0 aromatic heterocycles. The first-order chi connectivity index (χ1) is 12.4. The molecule has 142 valence electrons. The maximum atomic E-state index is 12.0. The zero-order valence-corrected chi connectivity index (χ0v) is 14.2. The van der Waals surface area contributed by atoms with Gasteiger partial charge in [-0.15, -0.1) is 0 Å². The van der Waals surface area contributed by atoms with E-state index in [1.807, 2.05) is 0 Å². The first-order valence-electron chi connectivity index (χ1n) is 7.36. The lowest BCUT2D eigenvalue weighted by Crippen LogP contribution is -2.51. The average Bonchev–Trinajstić information content (AvgIpc) is 2.65. The van der Waals surface area contributed by atoms with Gasteiger partial charge in [0.2, 0.25) is 6.10 Å². The molecule has 0 saturated carbocycles. The minimum Gasteiger partial charge on any atom is -0.546 e. The van der Waals surface area contributed by atoms with Crippen molar-refractivity contribution in [2.75, 3.05) is 0 Å². The second-order valence-corrected chi connectivity index (χ2v) is 5.04. The molecule has 0 heterocycles. The van der Waals surface area contributed by atoms with Crippen molar-refractivity contribution in [1.82, 2.24) is 6.15 Å². The zero-order valence-electron chi connectivity index (χ0n) is 14.2. The Hall–Kier alpha value is -3.72. The number of carbonyl (C=O) groups is 4. The quantitative estimate of drug-likeness (QED) is 0.665. The topological polar surface area (TPSA) is 167 Å². The summed E-state index contributed by atoms with van der Waals surface area (Å²) in [4.78, 5) is 46.7. The summed E-state index contributed by atoms with van der Waals surface area (Å²) in [7, 11) is 0. The van der Waals surface area contributed by atoms with Gasteiger partial charge < -0.3 is 30.6 Å². The highest BCUT2D eigenvalue weighted by atomic mass is 16.6. The second-order valence-electron chi connectivity index (χ2n) is 5.04. The fourth-order valence-corrected chi connectivity index (χ4v) is 1.99. The van der Waals surface area contributed by atoms with Crippen LogP contribution >= 0.6 is 0 Å². The van der Waals surface area contributed by atoms with Crippen LogP contribution in [0.1, 0.15) is 20.7 Å². The molecule has 9 nitrogen and oxygen atoms in total. The molecule has 0 aliphatic rings. The van der Waals surface area contributed by atoms with Gasteiger partial charge in [0.05, 0.1) is 17.1 Å². The number of carboxylic acid groups (broad SMARTS) is 2. The molecule has 0 amide bonds. The van der Waals surface area contributed by atoms with Gasteiger partial charge in [0.25, 0.3) is 0 Å². The highest BCUT2D eigenvalue weighted by Gasteiger charge is 2.36. The lowest BCUT2D eigenvalue weighted by Gasteiger charge is -2.24. The van der Waals surface area contributed by atoms with Gasteiger partial charge in [-0.3, -0.25) is 0 Å². The maximum absolute atomic E-state index is 12.0. The summed E-state index contributed by atoms with van der Waals surface area (Å²) in [5.74, 6) is -5.99. The van der Waals surface area contributed by atoms with E-state index < -0.39 is 36.1 Å². The van der Waals surface area contributed by atoms with Crippen molar-refractivity contribution in [3.8, 4) is 0 Å². The van der Waals surface area contributed by atoms with E-state index in [0.29, 0.717) is 0 Å². The van der Waals surface area contributed by atoms with Gasteiger partial charge >= 0.3 is 17.9 Å². The van der Waals surface area contributed by atoms with Crippen molar-refractivity contribution >= 4 is 23.9 Å². The van der Waals surface area contributed by atoms with Gasteiger partial charge in [-0.1, -0.05) is 36.4 Å². The lowest BCUT2D eigenvalue weighted by molar-refractivity contribution is -0.317. The molecule has 2 aromatic rings. The Labute approximate surface area is 153 Å². The van der Waals surface area contributed by atoms with Crippen molar-refractivity contribution < 1.29 is 38.9 Å². The molecular weight excluding hydrogens is 358 g/mol. The van der Waals surface area contributed by atoms with Crippen molar-refractivity contribution in [2.24, 2.45) is 0 Å². The van der Waals surface area contributed by atoms with Gasteiger partial charge in [-0.05, 0) is 24.3 Å². The number of quaternary nitrogens is 1. The number of carboxylic acids is 2. The van der Waals surface area contributed by atoms with Crippen LogP contribution < -0.4 is 11.3 Å². The van der Waals surface area contributed by atoms with Crippen LogP contribution in [0.25, 0.3) is 0 Å². The van der Waals surface area contributed by atoms with Crippen LogP contribution in [0, 0.1) is 0 Å². The molecule has 2 rings (SSSR count). The monoisotopic (exact) mass is 375 g/mol. The number of hydrogen-bond acceptors (Lipinski definition) is 7. The molecule has 2 unspecified atom stereocenters. The van der Waals surface area contributed by atoms with Crippen LogP contribution in [-0.4, -0.2) is 41.2 Å². The van der Waals surface area contributed by atoms with Gasteiger partial charge in [0, 0.05) is 0 Å². The summed E-state index contributed by atoms with van der Waals surface area (Å²) in [6, 6.07) is 14.7. The third-order valence-corrected chi connectivity index (χ3v) is 3.24. The third kappa shape index (κ3) is 5.65. The van der Waals surface area contributed by atoms with Crippen LogP contribution in [0.15, 0.2) is 60.7 Å². The second kappa shape index (κ2) is 9.68. The number of aliphatic carboxylic acids is 2. The Morgan fingerprint density at radius 2 is 1.11 bits per heavy atom. The number of benzene rings is 2. The maximum Gasteiger partial charge on any atom is 0.349 e. The van der Waals surface area contributed by atoms with E-state index in [4.69, 9.17) is 9.47 Å². The van der Waals surface area contributed by atoms with Crippen molar-refractivity contribution in [2.45, 2.75) is 12.2 Å². The third-order valence-electron chi connectivity index (χ3n) is 3.24. The van der Waals surface area contributed by atoms with E-state index in [2.05, 4.69) is 0 Å². The normalized spacial score (nSPS) is 12.0. The Morgan fingerprint density at radius 1 is 0.741 bits per heavy atom. The predicted octanol–water partition coefficient (Wildman–Crippen LogP) is 0.648. The van der Waals surface area contributed by atoms with E-state index in [-0.39, 0.29) is 17.3 Å². The largest absolute Gasteiger partial charge is 0.546 e. The van der Waals surface area contributed by atoms with Crippen LogP contribution in [-0.2, 0) is 19.1 Å². The molecule has 0 bridgehead atoms. The molecule has 0 aliphatic carbocycles. The molecule has 0 fully saturated rings. The van der Waals surface area contributed by atoms with Gasteiger partial charge in [-0.25, -0.2) is 14.4 Å². The van der Waals surface area contributed by atoms with Crippen molar-refractivity contribution in [3.63, 3.8) is 0 Å². The predicted molar refractivity (Wildman–Crippen MR) is 89.9 cm³/mol. The van der Waals surface area contributed by atoms with Gasteiger partial charge in [0.1, 0.15) is 0 Å². The highest BCUT2D eigenvalue weighted by Crippen LogP contribution is 2.12. The van der Waals surface area contributed by atoms with Crippen molar-refractivity contribution in [1.29, 1.82) is 0 Å². The Bertz CT molecular complexity index is 737. The Balaban J connectivity index is 0.00000364. The molecule has 2 atom stereocenters. The summed E-state index contributed by atoms with van der Waals surface area (Å²) in [6.07, 6.45) is -4.60. The summed E-state index contributed by atoms with van der Waals surface area (Å²) >= 11 is 0. The van der Waals surface area contributed by atoms with Gasteiger partial charge in [0.15, 0.2) is 6.10 Å². The standard InChI is InChI=1S/C18H14O8.H3N/c19-15(20)13(25-17(23)11-7-3-1-4-8-11)14(16(21)22)26-18(24)12-9-5-2-6-10-12;/h1-10,13-14H,(H,19,20)(H,21,22);1H3. The number of carbonyl (C=O) groups excluding carboxylic acids is 3. The fourth-order valence-electron chi connectivity index (χ4n) is 1.99. The smallest absolute Gasteiger partial charge is 0.349 e. The molecule has 9 heteroatoms. The molecule has 0 aliphatic heterocycles. The van der Waals surface area contributed by atoms with Crippen LogP contribution in [0.5, 0.6) is 0 Å². The summed E-state index contributed by atoms with van der Waals surface area (Å²) < 4.78 is 9.42. The first kappa shape index (κ1) is 21.3. The molecule has 0 radical (unpaired) electrons. The van der Waals surface area contributed by atoms with Crippen LogP contribution in [0.2, 0.25) is 0 Å². The fraction of sp³-hybridized carbons (Fsp3) is 0.111. The Kier molecular flexibility index (Phi) is 7.65. The average molecular weight is 375 g/mol. The number of rotatable bonds is 7. The number of ether oxygens (including phenoxy) is 2. The molecule has 27 heavy (non-hydrogen) atoms. The molecule has 0 spiro atoms. The van der Waals surface area contributed by atoms with Crippen LogP contribution in [0.3, 0.4) is 0 Å². The van der Waals surface area contributed by atoms with E-state index >= 15 is 0 Å². The minimum atomic E-state index is -2.33. The molecule has 5 N–H and O–H groups in total. The number of esters is 2. The van der Waals surface area contributed by atoms with Crippen molar-refractivity contribution in [3.05, 3.63) is 71.8 Å². The number of hydrogen-bond donors (Lipinski definition) is 2. The van der Waals surface area contributed by atoms with Crippen LogP contribution in [0.4, 0.5) is 0 Å². The molecular formula is C18H17NO8. The summed E-state index contributed by atoms with van der Waals surface area (Å²) in [6.45, 7) is 0. The van der Waals surface area contributed by atoms with E-state index in [0.717, 1.165) is 0 Å². The van der Waals surface area contributed by atoms with Gasteiger partial charge in [-0.2, -0.15) is 0 Å². The first-order valence-corrected chi connectivity index (χ1v) is 7.36. The molecule has 0 saturated heterocycles. The Morgan fingerprint density at radius 3 is 1.44 bits per heavy atom. The van der Waals surface area contributed by atoms with E-state index in [1.165, 1.54) is 48.5 Å². The SMILES string of the molecule is O=C(OC(C(=O)[O-])C(OC(=O)c1ccccc1)C(=O)O)c1ccccc1.[NH4+]. The minimum absolute atomic E-state index is 0.